The Balaban J connectivity index is 2.65. The fourth-order valence-electron chi connectivity index (χ4n) is 2.13. The van der Waals surface area contributed by atoms with E-state index in [-0.39, 0.29) is 5.41 Å². The number of hydrogen-bond acceptors (Lipinski definition) is 2. The standard InChI is InChI=1S/C18H31NO/c1-7-15-8-9-17(16(12-15)18(4,5)6)20-11-10-19-13-14(2)3/h8-9,12,14,19H,7,10-11,13H2,1-6H3. The SMILES string of the molecule is CCc1ccc(OCCNCC(C)C)c(C(C)(C)C)c1. The summed E-state index contributed by atoms with van der Waals surface area (Å²) in [6, 6.07) is 6.59. The van der Waals surface area contributed by atoms with E-state index < -0.39 is 0 Å². The maximum atomic E-state index is 5.98. The molecule has 2 heteroatoms. The van der Waals surface area contributed by atoms with Crippen molar-refractivity contribution >= 4 is 0 Å². The van der Waals surface area contributed by atoms with Crippen molar-refractivity contribution in [3.63, 3.8) is 0 Å². The van der Waals surface area contributed by atoms with Crippen molar-refractivity contribution in [1.29, 1.82) is 0 Å². The van der Waals surface area contributed by atoms with E-state index in [2.05, 4.69) is 65.1 Å². The summed E-state index contributed by atoms with van der Waals surface area (Å²) in [5.74, 6) is 1.71. The van der Waals surface area contributed by atoms with Crippen molar-refractivity contribution in [2.24, 2.45) is 5.92 Å². The average Bonchev–Trinajstić information content (AvgIpc) is 2.37. The van der Waals surface area contributed by atoms with Crippen molar-refractivity contribution in [1.82, 2.24) is 5.32 Å². The monoisotopic (exact) mass is 277 g/mol. The van der Waals surface area contributed by atoms with Crippen LogP contribution in [0.2, 0.25) is 0 Å². The van der Waals surface area contributed by atoms with Gasteiger partial charge in [0.2, 0.25) is 0 Å². The third-order valence-electron chi connectivity index (χ3n) is 3.35. The summed E-state index contributed by atoms with van der Waals surface area (Å²) < 4.78 is 5.98. The highest BCUT2D eigenvalue weighted by Gasteiger charge is 2.19. The van der Waals surface area contributed by atoms with Crippen LogP contribution in [0.15, 0.2) is 18.2 Å². The molecule has 1 aromatic carbocycles. The molecule has 1 aromatic rings. The van der Waals surface area contributed by atoms with E-state index in [1.54, 1.807) is 0 Å². The Morgan fingerprint density at radius 1 is 1.20 bits per heavy atom. The van der Waals surface area contributed by atoms with Gasteiger partial charge >= 0.3 is 0 Å². The topological polar surface area (TPSA) is 21.3 Å². The van der Waals surface area contributed by atoms with Crippen molar-refractivity contribution in [3.8, 4) is 5.75 Å². The molecule has 0 saturated carbocycles. The molecule has 2 nitrogen and oxygen atoms in total. The van der Waals surface area contributed by atoms with Crippen LogP contribution in [-0.4, -0.2) is 19.7 Å². The second-order valence-corrected chi connectivity index (χ2v) is 6.88. The largest absolute Gasteiger partial charge is 0.492 e. The van der Waals surface area contributed by atoms with Gasteiger partial charge in [0.25, 0.3) is 0 Å². The molecule has 0 bridgehead atoms. The van der Waals surface area contributed by atoms with Crippen LogP contribution >= 0.6 is 0 Å². The van der Waals surface area contributed by atoms with Gasteiger partial charge in [0.1, 0.15) is 12.4 Å². The van der Waals surface area contributed by atoms with Crippen LogP contribution < -0.4 is 10.1 Å². The van der Waals surface area contributed by atoms with Crippen LogP contribution in [-0.2, 0) is 11.8 Å². The van der Waals surface area contributed by atoms with Gasteiger partial charge in [-0.2, -0.15) is 0 Å². The molecule has 0 saturated heterocycles. The molecule has 0 aliphatic rings. The van der Waals surface area contributed by atoms with Crippen LogP contribution in [0.1, 0.15) is 52.7 Å². The molecule has 20 heavy (non-hydrogen) atoms. The minimum Gasteiger partial charge on any atom is -0.492 e. The molecule has 0 fully saturated rings. The molecule has 0 aromatic heterocycles. The lowest BCUT2D eigenvalue weighted by atomic mass is 9.85. The van der Waals surface area contributed by atoms with Gasteiger partial charge in [0.05, 0.1) is 0 Å². The van der Waals surface area contributed by atoms with Crippen LogP contribution in [0.4, 0.5) is 0 Å². The number of rotatable bonds is 7. The third-order valence-corrected chi connectivity index (χ3v) is 3.35. The van der Waals surface area contributed by atoms with Gasteiger partial charge in [-0.25, -0.2) is 0 Å². The zero-order valence-corrected chi connectivity index (χ0v) is 14.0. The Hall–Kier alpha value is -1.02. The van der Waals surface area contributed by atoms with E-state index in [9.17, 15) is 0 Å². The first kappa shape index (κ1) is 17.0. The van der Waals surface area contributed by atoms with Gasteiger partial charge in [0.15, 0.2) is 0 Å². The molecule has 0 aliphatic heterocycles. The first-order chi connectivity index (χ1) is 9.34. The molecule has 0 spiro atoms. The third kappa shape index (κ3) is 5.54. The number of hydrogen-bond donors (Lipinski definition) is 1. The van der Waals surface area contributed by atoms with Crippen molar-refractivity contribution in [2.75, 3.05) is 19.7 Å². The first-order valence-corrected chi connectivity index (χ1v) is 7.81. The zero-order valence-electron chi connectivity index (χ0n) is 14.0. The summed E-state index contributed by atoms with van der Waals surface area (Å²) in [6.07, 6.45) is 1.07. The highest BCUT2D eigenvalue weighted by Crippen LogP contribution is 2.32. The Labute approximate surface area is 124 Å². The maximum absolute atomic E-state index is 5.98. The summed E-state index contributed by atoms with van der Waals surface area (Å²) in [5.41, 5.74) is 2.80. The highest BCUT2D eigenvalue weighted by molar-refractivity contribution is 5.41. The molecular weight excluding hydrogens is 246 g/mol. The molecule has 114 valence electrons. The number of benzene rings is 1. The Morgan fingerprint density at radius 2 is 1.90 bits per heavy atom. The van der Waals surface area contributed by atoms with Crippen LogP contribution in [0.3, 0.4) is 0 Å². The van der Waals surface area contributed by atoms with Gasteiger partial charge in [-0.1, -0.05) is 53.7 Å². The predicted molar refractivity (Wildman–Crippen MR) is 87.7 cm³/mol. The molecule has 0 amide bonds. The average molecular weight is 277 g/mol. The lowest BCUT2D eigenvalue weighted by molar-refractivity contribution is 0.303. The molecule has 0 radical (unpaired) electrons. The maximum Gasteiger partial charge on any atom is 0.123 e. The van der Waals surface area contributed by atoms with Gasteiger partial charge in [-0.15, -0.1) is 0 Å². The quantitative estimate of drug-likeness (QED) is 0.755. The van der Waals surface area contributed by atoms with E-state index in [0.717, 1.165) is 31.9 Å². The summed E-state index contributed by atoms with van der Waals surface area (Å²) in [5, 5.41) is 3.41. The number of ether oxygens (including phenoxy) is 1. The van der Waals surface area contributed by atoms with Crippen LogP contribution in [0.5, 0.6) is 5.75 Å². The predicted octanol–water partition coefficient (Wildman–Crippen LogP) is 4.17. The molecular formula is C18H31NO. The van der Waals surface area contributed by atoms with Gasteiger partial charge < -0.3 is 10.1 Å². The molecule has 0 unspecified atom stereocenters. The summed E-state index contributed by atoms with van der Waals surface area (Å²) in [4.78, 5) is 0. The Bertz CT molecular complexity index is 404. The molecule has 0 heterocycles. The minimum absolute atomic E-state index is 0.117. The van der Waals surface area contributed by atoms with Crippen LogP contribution in [0.25, 0.3) is 0 Å². The van der Waals surface area contributed by atoms with E-state index in [0.29, 0.717) is 5.92 Å². The summed E-state index contributed by atoms with van der Waals surface area (Å²) in [6.45, 7) is 16.0. The van der Waals surface area contributed by atoms with E-state index in [4.69, 9.17) is 4.74 Å². The van der Waals surface area contributed by atoms with Gasteiger partial charge in [-0.3, -0.25) is 0 Å². The Kier molecular flexibility index (Phi) is 6.54. The lowest BCUT2D eigenvalue weighted by Gasteiger charge is -2.24. The van der Waals surface area contributed by atoms with Crippen molar-refractivity contribution in [2.45, 2.75) is 53.4 Å². The Morgan fingerprint density at radius 3 is 2.45 bits per heavy atom. The summed E-state index contributed by atoms with van der Waals surface area (Å²) in [7, 11) is 0. The normalized spacial score (nSPS) is 11.9. The molecule has 0 aliphatic carbocycles. The first-order valence-electron chi connectivity index (χ1n) is 7.81. The van der Waals surface area contributed by atoms with Gasteiger partial charge in [-0.05, 0) is 41.5 Å². The van der Waals surface area contributed by atoms with E-state index >= 15 is 0 Å². The highest BCUT2D eigenvalue weighted by atomic mass is 16.5. The molecule has 1 rings (SSSR count). The fraction of sp³-hybridized carbons (Fsp3) is 0.667. The minimum atomic E-state index is 0.117. The molecule has 0 atom stereocenters. The summed E-state index contributed by atoms with van der Waals surface area (Å²) >= 11 is 0. The van der Waals surface area contributed by atoms with Crippen LogP contribution in [0, 0.1) is 5.92 Å². The smallest absolute Gasteiger partial charge is 0.123 e. The van der Waals surface area contributed by atoms with Gasteiger partial charge in [0, 0.05) is 6.54 Å². The second kappa shape index (κ2) is 7.68. The number of nitrogens with one attached hydrogen (secondary N) is 1. The molecule has 1 N–H and O–H groups in total. The van der Waals surface area contributed by atoms with E-state index in [1.165, 1.54) is 11.1 Å². The van der Waals surface area contributed by atoms with E-state index in [1.807, 2.05) is 0 Å². The number of aryl methyl sites for hydroxylation is 1. The van der Waals surface area contributed by atoms with Crippen molar-refractivity contribution < 1.29 is 4.74 Å². The lowest BCUT2D eigenvalue weighted by Crippen LogP contribution is -2.25. The second-order valence-electron chi connectivity index (χ2n) is 6.88. The zero-order chi connectivity index (χ0) is 15.2. The fourth-order valence-corrected chi connectivity index (χ4v) is 2.13. The van der Waals surface area contributed by atoms with Crippen molar-refractivity contribution in [3.05, 3.63) is 29.3 Å².